The van der Waals surface area contributed by atoms with Gasteiger partial charge in [0.1, 0.15) is 5.69 Å². The van der Waals surface area contributed by atoms with Gasteiger partial charge in [0.25, 0.3) is 5.91 Å². The number of hydrogen-bond acceptors (Lipinski definition) is 5. The first-order valence-electron chi connectivity index (χ1n) is 8.49. The van der Waals surface area contributed by atoms with Gasteiger partial charge >= 0.3 is 5.97 Å². The van der Waals surface area contributed by atoms with Crippen LogP contribution in [-0.4, -0.2) is 47.8 Å². The van der Waals surface area contributed by atoms with Crippen LogP contribution in [0.15, 0.2) is 47.5 Å². The average molecular weight is 389 g/mol. The molecule has 8 nitrogen and oxygen atoms in total. The van der Waals surface area contributed by atoms with E-state index in [2.05, 4.69) is 10.3 Å². The zero-order valence-electron chi connectivity index (χ0n) is 14.5. The first kappa shape index (κ1) is 19.0. The summed E-state index contributed by atoms with van der Waals surface area (Å²) in [4.78, 5) is 27.3. The molecule has 0 unspecified atom stereocenters. The lowest BCUT2D eigenvalue weighted by Gasteiger charge is -2.26. The van der Waals surface area contributed by atoms with Crippen molar-refractivity contribution in [3.8, 4) is 0 Å². The molecule has 1 aromatic carbocycles. The molecule has 142 valence electrons. The maximum absolute atomic E-state index is 12.8. The number of hydrogen-bond donors (Lipinski definition) is 2. The summed E-state index contributed by atoms with van der Waals surface area (Å²) >= 11 is 0. The zero-order chi connectivity index (χ0) is 19.4. The second kappa shape index (κ2) is 7.85. The first-order chi connectivity index (χ1) is 12.9. The van der Waals surface area contributed by atoms with E-state index in [9.17, 15) is 18.0 Å². The number of carboxylic acid groups (broad SMARTS) is 1. The summed E-state index contributed by atoms with van der Waals surface area (Å²) in [5.41, 5.74) is 0.163. The van der Waals surface area contributed by atoms with E-state index in [4.69, 9.17) is 5.11 Å². The Hall–Kier alpha value is -2.78. The van der Waals surface area contributed by atoms with Crippen LogP contribution in [0.1, 0.15) is 40.1 Å². The van der Waals surface area contributed by atoms with Crippen LogP contribution in [0.2, 0.25) is 0 Å². The first-order valence-corrected chi connectivity index (χ1v) is 9.93. The fraction of sp³-hybridized carbons (Fsp3) is 0.278. The molecule has 2 heterocycles. The average Bonchev–Trinajstić information content (AvgIpc) is 2.69. The number of benzene rings is 1. The van der Waals surface area contributed by atoms with Crippen molar-refractivity contribution in [1.29, 1.82) is 0 Å². The molecule has 1 fully saturated rings. The molecule has 2 N–H and O–H groups in total. The van der Waals surface area contributed by atoms with E-state index >= 15 is 0 Å². The van der Waals surface area contributed by atoms with E-state index < -0.39 is 21.9 Å². The molecule has 0 spiro atoms. The van der Waals surface area contributed by atoms with Gasteiger partial charge in [-0.25, -0.2) is 13.2 Å². The van der Waals surface area contributed by atoms with Crippen LogP contribution in [0.5, 0.6) is 0 Å². The van der Waals surface area contributed by atoms with E-state index in [-0.39, 0.29) is 16.2 Å². The predicted molar refractivity (Wildman–Crippen MR) is 98.2 cm³/mol. The zero-order valence-corrected chi connectivity index (χ0v) is 15.3. The van der Waals surface area contributed by atoms with Crippen molar-refractivity contribution in [1.82, 2.24) is 9.29 Å². The number of rotatable bonds is 5. The maximum Gasteiger partial charge on any atom is 0.335 e. The standard InChI is InChI=1S/C18H19N3O5S/c22-17(16-11-13(18(23)24)7-8-19-16)20-14-5-4-6-15(12-14)27(25,26)21-9-2-1-3-10-21/h4-8,11-12H,1-3,9-10H2,(H,20,22)(H,23,24). The third-order valence-corrected chi connectivity index (χ3v) is 6.18. The Bertz CT molecular complexity index is 968. The Morgan fingerprint density at radius 2 is 1.81 bits per heavy atom. The van der Waals surface area contributed by atoms with E-state index in [0.717, 1.165) is 25.3 Å². The number of piperidine rings is 1. The molecule has 1 aliphatic heterocycles. The molecule has 1 aliphatic rings. The molecular formula is C18H19N3O5S. The van der Waals surface area contributed by atoms with Gasteiger partial charge in [-0.05, 0) is 43.2 Å². The van der Waals surface area contributed by atoms with Crippen LogP contribution in [0, 0.1) is 0 Å². The number of aromatic carboxylic acids is 1. The summed E-state index contributed by atoms with van der Waals surface area (Å²) in [6.07, 6.45) is 3.92. The summed E-state index contributed by atoms with van der Waals surface area (Å²) in [5, 5.41) is 11.6. The van der Waals surface area contributed by atoms with Gasteiger partial charge < -0.3 is 10.4 Å². The molecule has 1 aromatic heterocycles. The normalized spacial score (nSPS) is 15.3. The quantitative estimate of drug-likeness (QED) is 0.810. The van der Waals surface area contributed by atoms with Crippen molar-refractivity contribution in [2.75, 3.05) is 18.4 Å². The number of sulfonamides is 1. The number of carboxylic acids is 1. The molecule has 1 saturated heterocycles. The van der Waals surface area contributed by atoms with Crippen molar-refractivity contribution in [2.45, 2.75) is 24.2 Å². The molecular weight excluding hydrogens is 370 g/mol. The number of amides is 1. The third-order valence-electron chi connectivity index (χ3n) is 4.28. The van der Waals surface area contributed by atoms with Crippen LogP contribution in [0.3, 0.4) is 0 Å². The summed E-state index contributed by atoms with van der Waals surface area (Å²) in [5.74, 6) is -1.79. The van der Waals surface area contributed by atoms with Gasteiger partial charge in [-0.15, -0.1) is 0 Å². The summed E-state index contributed by atoms with van der Waals surface area (Å²) in [7, 11) is -3.61. The lowest BCUT2D eigenvalue weighted by atomic mass is 10.2. The minimum Gasteiger partial charge on any atom is -0.478 e. The molecule has 9 heteroatoms. The lowest BCUT2D eigenvalue weighted by Crippen LogP contribution is -2.35. The molecule has 0 aliphatic carbocycles. The number of carbonyl (C=O) groups is 2. The second-order valence-electron chi connectivity index (χ2n) is 6.18. The van der Waals surface area contributed by atoms with E-state index in [1.165, 1.54) is 28.7 Å². The smallest absolute Gasteiger partial charge is 0.335 e. The summed E-state index contributed by atoms with van der Waals surface area (Å²) < 4.78 is 27.0. The molecule has 3 rings (SSSR count). The Morgan fingerprint density at radius 3 is 2.52 bits per heavy atom. The SMILES string of the molecule is O=C(O)c1ccnc(C(=O)Nc2cccc(S(=O)(=O)N3CCCCC3)c2)c1. The predicted octanol–water partition coefficient (Wildman–Crippen LogP) is 2.21. The van der Waals surface area contributed by atoms with E-state index in [1.807, 2.05) is 0 Å². The van der Waals surface area contributed by atoms with E-state index in [0.29, 0.717) is 18.8 Å². The van der Waals surface area contributed by atoms with Crippen LogP contribution in [0.4, 0.5) is 5.69 Å². The monoisotopic (exact) mass is 389 g/mol. The highest BCUT2D eigenvalue weighted by Gasteiger charge is 2.26. The van der Waals surface area contributed by atoms with Crippen LogP contribution >= 0.6 is 0 Å². The Balaban J connectivity index is 1.80. The van der Waals surface area contributed by atoms with Gasteiger partial charge in [-0.2, -0.15) is 4.31 Å². The Labute approximate surface area is 156 Å². The van der Waals surface area contributed by atoms with Gasteiger partial charge in [0.2, 0.25) is 10.0 Å². The van der Waals surface area contributed by atoms with Crippen LogP contribution < -0.4 is 5.32 Å². The number of aromatic nitrogens is 1. The van der Waals surface area contributed by atoms with Crippen molar-refractivity contribution in [3.05, 3.63) is 53.9 Å². The summed E-state index contributed by atoms with van der Waals surface area (Å²) in [6.45, 7) is 0.982. The van der Waals surface area contributed by atoms with Crippen LogP contribution in [0.25, 0.3) is 0 Å². The summed E-state index contributed by atoms with van der Waals surface area (Å²) in [6, 6.07) is 8.43. The largest absolute Gasteiger partial charge is 0.478 e. The molecule has 27 heavy (non-hydrogen) atoms. The molecule has 0 bridgehead atoms. The number of nitrogens with zero attached hydrogens (tertiary/aromatic N) is 2. The number of pyridine rings is 1. The fourth-order valence-electron chi connectivity index (χ4n) is 2.87. The highest BCUT2D eigenvalue weighted by Crippen LogP contribution is 2.23. The van der Waals surface area contributed by atoms with Crippen molar-refractivity contribution in [2.24, 2.45) is 0 Å². The molecule has 0 atom stereocenters. The van der Waals surface area contributed by atoms with Gasteiger partial charge in [0.15, 0.2) is 0 Å². The maximum atomic E-state index is 12.8. The molecule has 0 radical (unpaired) electrons. The molecule has 2 aromatic rings. The minimum absolute atomic E-state index is 0.0587. The van der Waals surface area contributed by atoms with Gasteiger partial charge in [0.05, 0.1) is 10.5 Å². The second-order valence-corrected chi connectivity index (χ2v) is 8.12. The van der Waals surface area contributed by atoms with Crippen LogP contribution in [-0.2, 0) is 10.0 Å². The highest BCUT2D eigenvalue weighted by molar-refractivity contribution is 7.89. The van der Waals surface area contributed by atoms with Crippen molar-refractivity contribution < 1.29 is 23.1 Å². The van der Waals surface area contributed by atoms with Gasteiger partial charge in [-0.1, -0.05) is 12.5 Å². The van der Waals surface area contributed by atoms with Gasteiger partial charge in [0, 0.05) is 25.0 Å². The number of nitrogens with one attached hydrogen (secondary N) is 1. The van der Waals surface area contributed by atoms with Crippen molar-refractivity contribution in [3.63, 3.8) is 0 Å². The Kier molecular flexibility index (Phi) is 5.52. The Morgan fingerprint density at radius 1 is 1.07 bits per heavy atom. The topological polar surface area (TPSA) is 117 Å². The molecule has 1 amide bonds. The fourth-order valence-corrected chi connectivity index (χ4v) is 4.43. The van der Waals surface area contributed by atoms with E-state index in [1.54, 1.807) is 12.1 Å². The highest BCUT2D eigenvalue weighted by atomic mass is 32.2. The van der Waals surface area contributed by atoms with Crippen molar-refractivity contribution >= 4 is 27.6 Å². The number of carbonyl (C=O) groups excluding carboxylic acids is 1. The third kappa shape index (κ3) is 4.32. The lowest BCUT2D eigenvalue weighted by molar-refractivity contribution is 0.0696. The number of anilines is 1. The van der Waals surface area contributed by atoms with Gasteiger partial charge in [-0.3, -0.25) is 9.78 Å². The minimum atomic E-state index is -3.61. The molecule has 0 saturated carbocycles.